The second kappa shape index (κ2) is 8.07. The normalized spacial score (nSPS) is 10.4. The molecule has 0 atom stereocenters. The molecule has 0 bridgehead atoms. The summed E-state index contributed by atoms with van der Waals surface area (Å²) < 4.78 is 10.5. The highest BCUT2D eigenvalue weighted by Crippen LogP contribution is 2.12. The molecule has 0 aromatic carbocycles. The Balaban J connectivity index is 2.05. The Hall–Kier alpha value is -1.13. The van der Waals surface area contributed by atoms with Gasteiger partial charge in [0.25, 0.3) is 0 Å². The van der Waals surface area contributed by atoms with Crippen LogP contribution >= 0.6 is 0 Å². The molecular weight excluding hydrogens is 204 g/mol. The maximum Gasteiger partial charge on any atom is 0.140 e. The van der Waals surface area contributed by atoms with E-state index >= 15 is 0 Å². The molecule has 90 valence electrons. The van der Waals surface area contributed by atoms with Gasteiger partial charge in [-0.05, 0) is 32.0 Å². The number of nitrogens with zero attached hydrogens (tertiary/aromatic N) is 1. The zero-order chi connectivity index (χ0) is 11.6. The van der Waals surface area contributed by atoms with Crippen LogP contribution in [0.3, 0.4) is 0 Å². The summed E-state index contributed by atoms with van der Waals surface area (Å²) in [6, 6.07) is 3.82. The molecule has 0 saturated heterocycles. The van der Waals surface area contributed by atoms with Crippen molar-refractivity contribution in [1.29, 1.82) is 0 Å². The molecule has 1 heterocycles. The molecule has 4 nitrogen and oxygen atoms in total. The van der Waals surface area contributed by atoms with Crippen LogP contribution in [0.5, 0.6) is 5.75 Å². The first-order valence-corrected chi connectivity index (χ1v) is 5.58. The fourth-order valence-corrected chi connectivity index (χ4v) is 1.32. The van der Waals surface area contributed by atoms with Crippen molar-refractivity contribution in [2.45, 2.75) is 13.3 Å². The number of hydrogen-bond donors (Lipinski definition) is 1. The summed E-state index contributed by atoms with van der Waals surface area (Å²) >= 11 is 0. The van der Waals surface area contributed by atoms with Gasteiger partial charge in [-0.25, -0.2) is 0 Å². The number of pyridine rings is 1. The van der Waals surface area contributed by atoms with Crippen LogP contribution in [0.1, 0.15) is 12.1 Å². The van der Waals surface area contributed by atoms with Gasteiger partial charge in [0, 0.05) is 26.5 Å². The third-order valence-corrected chi connectivity index (χ3v) is 2.20. The largest absolute Gasteiger partial charge is 0.490 e. The lowest BCUT2D eigenvalue weighted by atomic mass is 10.3. The third-order valence-electron chi connectivity index (χ3n) is 2.20. The Bertz CT molecular complexity index is 292. The molecule has 0 aliphatic heterocycles. The Morgan fingerprint density at radius 1 is 1.31 bits per heavy atom. The number of nitrogens with one attached hydrogen (secondary N) is 1. The summed E-state index contributed by atoms with van der Waals surface area (Å²) in [4.78, 5) is 4.16. The number of aryl methyl sites for hydroxylation is 1. The summed E-state index contributed by atoms with van der Waals surface area (Å²) in [5.74, 6) is 0.862. The van der Waals surface area contributed by atoms with Gasteiger partial charge in [-0.2, -0.15) is 0 Å². The van der Waals surface area contributed by atoms with E-state index in [9.17, 15) is 0 Å². The van der Waals surface area contributed by atoms with E-state index < -0.39 is 0 Å². The minimum Gasteiger partial charge on any atom is -0.490 e. The van der Waals surface area contributed by atoms with Crippen molar-refractivity contribution in [1.82, 2.24) is 10.3 Å². The number of rotatable bonds is 8. The third kappa shape index (κ3) is 5.09. The van der Waals surface area contributed by atoms with Gasteiger partial charge in [-0.15, -0.1) is 0 Å². The number of ether oxygens (including phenoxy) is 2. The lowest BCUT2D eigenvalue weighted by molar-refractivity contribution is 0.193. The van der Waals surface area contributed by atoms with E-state index in [1.54, 1.807) is 13.3 Å². The highest BCUT2D eigenvalue weighted by molar-refractivity contribution is 5.25. The number of hydrogen-bond acceptors (Lipinski definition) is 4. The molecule has 0 spiro atoms. The summed E-state index contributed by atoms with van der Waals surface area (Å²) in [5.41, 5.74) is 0.932. The van der Waals surface area contributed by atoms with Crippen molar-refractivity contribution < 1.29 is 9.47 Å². The second-order valence-electron chi connectivity index (χ2n) is 3.53. The van der Waals surface area contributed by atoms with Gasteiger partial charge in [0.15, 0.2) is 0 Å². The van der Waals surface area contributed by atoms with E-state index in [0.717, 1.165) is 37.6 Å². The van der Waals surface area contributed by atoms with Crippen LogP contribution in [-0.4, -0.2) is 38.4 Å². The lowest BCUT2D eigenvalue weighted by Crippen LogP contribution is -2.23. The van der Waals surface area contributed by atoms with Crippen LogP contribution in [0.4, 0.5) is 0 Å². The Morgan fingerprint density at radius 3 is 2.94 bits per heavy atom. The highest BCUT2D eigenvalue weighted by atomic mass is 16.5. The van der Waals surface area contributed by atoms with Crippen LogP contribution in [0.25, 0.3) is 0 Å². The van der Waals surface area contributed by atoms with E-state index in [1.807, 2.05) is 19.1 Å². The zero-order valence-corrected chi connectivity index (χ0v) is 10.0. The summed E-state index contributed by atoms with van der Waals surface area (Å²) in [7, 11) is 1.72. The minimum atomic E-state index is 0.666. The van der Waals surface area contributed by atoms with E-state index in [4.69, 9.17) is 9.47 Å². The average Bonchev–Trinajstić information content (AvgIpc) is 2.30. The molecular formula is C12H20N2O2. The van der Waals surface area contributed by atoms with E-state index in [2.05, 4.69) is 10.3 Å². The first-order chi connectivity index (χ1) is 7.84. The van der Waals surface area contributed by atoms with Gasteiger partial charge >= 0.3 is 0 Å². The lowest BCUT2D eigenvalue weighted by Gasteiger charge is -2.08. The van der Waals surface area contributed by atoms with Crippen molar-refractivity contribution in [2.24, 2.45) is 0 Å². The van der Waals surface area contributed by atoms with Gasteiger partial charge in [0.1, 0.15) is 12.4 Å². The van der Waals surface area contributed by atoms with Crippen LogP contribution < -0.4 is 10.1 Å². The Morgan fingerprint density at radius 2 is 2.19 bits per heavy atom. The SMILES string of the molecule is COCCCNCCOc1cccnc1C. The monoisotopic (exact) mass is 224 g/mol. The van der Waals surface area contributed by atoms with Crippen LogP contribution in [0.15, 0.2) is 18.3 Å². The fraction of sp³-hybridized carbons (Fsp3) is 0.583. The van der Waals surface area contributed by atoms with Crippen molar-refractivity contribution in [3.8, 4) is 5.75 Å². The van der Waals surface area contributed by atoms with Crippen molar-refractivity contribution in [3.63, 3.8) is 0 Å². The van der Waals surface area contributed by atoms with E-state index in [-0.39, 0.29) is 0 Å². The molecule has 1 rings (SSSR count). The van der Waals surface area contributed by atoms with E-state index in [0.29, 0.717) is 6.61 Å². The van der Waals surface area contributed by atoms with Crippen molar-refractivity contribution >= 4 is 0 Å². The van der Waals surface area contributed by atoms with Gasteiger partial charge in [-0.1, -0.05) is 0 Å². The van der Waals surface area contributed by atoms with Gasteiger partial charge in [-0.3, -0.25) is 4.98 Å². The second-order valence-corrected chi connectivity index (χ2v) is 3.53. The molecule has 0 aliphatic rings. The maximum atomic E-state index is 5.59. The standard InChI is InChI=1S/C12H20N2O2/c1-11-12(5-3-7-14-11)16-10-8-13-6-4-9-15-2/h3,5,7,13H,4,6,8-10H2,1-2H3. The quantitative estimate of drug-likeness (QED) is 0.678. The van der Waals surface area contributed by atoms with Gasteiger partial charge in [0.2, 0.25) is 0 Å². The predicted octanol–water partition coefficient (Wildman–Crippen LogP) is 1.39. The molecule has 1 aromatic heterocycles. The van der Waals surface area contributed by atoms with Crippen molar-refractivity contribution in [3.05, 3.63) is 24.0 Å². The topological polar surface area (TPSA) is 43.4 Å². The van der Waals surface area contributed by atoms with Crippen LogP contribution in [0, 0.1) is 6.92 Å². The maximum absolute atomic E-state index is 5.59. The zero-order valence-electron chi connectivity index (χ0n) is 10.0. The van der Waals surface area contributed by atoms with Gasteiger partial charge < -0.3 is 14.8 Å². The summed E-state index contributed by atoms with van der Waals surface area (Å²) in [5, 5.41) is 3.28. The predicted molar refractivity (Wildman–Crippen MR) is 63.8 cm³/mol. The molecule has 4 heteroatoms. The molecule has 0 radical (unpaired) electrons. The average molecular weight is 224 g/mol. The van der Waals surface area contributed by atoms with Gasteiger partial charge in [0.05, 0.1) is 5.69 Å². The molecule has 0 amide bonds. The van der Waals surface area contributed by atoms with Crippen LogP contribution in [-0.2, 0) is 4.74 Å². The molecule has 16 heavy (non-hydrogen) atoms. The number of methoxy groups -OCH3 is 1. The Labute approximate surface area is 97.0 Å². The molecule has 1 N–H and O–H groups in total. The first kappa shape index (κ1) is 12.9. The smallest absolute Gasteiger partial charge is 0.140 e. The fourth-order valence-electron chi connectivity index (χ4n) is 1.32. The molecule has 0 aliphatic carbocycles. The molecule has 0 saturated carbocycles. The minimum absolute atomic E-state index is 0.666. The molecule has 0 fully saturated rings. The molecule has 0 unspecified atom stereocenters. The highest BCUT2D eigenvalue weighted by Gasteiger charge is 1.97. The summed E-state index contributed by atoms with van der Waals surface area (Å²) in [6.45, 7) is 5.22. The molecule has 1 aromatic rings. The number of aromatic nitrogens is 1. The van der Waals surface area contributed by atoms with Crippen molar-refractivity contribution in [2.75, 3.05) is 33.4 Å². The Kier molecular flexibility index (Phi) is 6.53. The summed E-state index contributed by atoms with van der Waals surface area (Å²) in [6.07, 6.45) is 2.80. The first-order valence-electron chi connectivity index (χ1n) is 5.58. The van der Waals surface area contributed by atoms with Crippen LogP contribution in [0.2, 0.25) is 0 Å². The van der Waals surface area contributed by atoms with E-state index in [1.165, 1.54) is 0 Å².